The smallest absolute Gasteiger partial charge is 0.322 e. The molecular weight excluding hydrogens is 784 g/mol. The van der Waals surface area contributed by atoms with Crippen molar-refractivity contribution in [3.05, 3.63) is 29.8 Å². The minimum atomic E-state index is -1.90. The number of amides is 8. The Hall–Kier alpha value is -6.40. The summed E-state index contributed by atoms with van der Waals surface area (Å²) in [5.74, 6) is -12.0. The molecule has 0 heterocycles. The fourth-order valence-corrected chi connectivity index (χ4v) is 5.13. The van der Waals surface area contributed by atoms with Crippen molar-refractivity contribution in [1.29, 1.82) is 0 Å². The van der Waals surface area contributed by atoms with Crippen molar-refractivity contribution in [3.63, 3.8) is 0 Å². The van der Waals surface area contributed by atoms with Crippen LogP contribution in [0.15, 0.2) is 24.3 Å². The summed E-state index contributed by atoms with van der Waals surface area (Å²) in [6.45, 7) is 0.630. The summed E-state index contributed by atoms with van der Waals surface area (Å²) in [7, 11) is 0. The number of aromatic hydroxyl groups is 1. The van der Waals surface area contributed by atoms with Gasteiger partial charge in [-0.2, -0.15) is 0 Å². The van der Waals surface area contributed by atoms with Crippen LogP contribution in [0.1, 0.15) is 51.5 Å². The monoisotopic (exact) mass is 838 g/mol. The van der Waals surface area contributed by atoms with E-state index in [9.17, 15) is 63.3 Å². The Bertz CT molecular complexity index is 1660. The SMILES string of the molecule is CC(C)[C@H](NC(=O)[C@H](CC(N)=O)NC(=O)[C@H](CCCCN)NC(=O)[C@@H](N)Cc1ccc(O)cc1)C(=O)N[C@@H](CC(=O)O)C(=O)N[C@@H](CO)C(=O)NCC(=O)NCC(=O)O. The maximum Gasteiger partial charge on any atom is 0.322 e. The molecule has 1 rings (SSSR count). The van der Waals surface area contributed by atoms with Gasteiger partial charge < -0.3 is 74.8 Å². The van der Waals surface area contributed by atoms with Crippen molar-refractivity contribution >= 4 is 59.2 Å². The number of primary amides is 1. The molecule has 8 amide bonds. The van der Waals surface area contributed by atoms with Crippen molar-refractivity contribution in [1.82, 2.24) is 37.2 Å². The van der Waals surface area contributed by atoms with Crippen molar-refractivity contribution in [2.45, 2.75) is 88.6 Å². The number of rotatable bonds is 27. The van der Waals surface area contributed by atoms with E-state index < -0.39 is 134 Å². The summed E-state index contributed by atoms with van der Waals surface area (Å²) in [6.07, 6.45) is -0.938. The summed E-state index contributed by atoms with van der Waals surface area (Å²) in [4.78, 5) is 125. The number of aliphatic hydroxyl groups excluding tert-OH is 1. The van der Waals surface area contributed by atoms with Crippen LogP contribution in [0.25, 0.3) is 0 Å². The highest BCUT2D eigenvalue weighted by molar-refractivity contribution is 5.99. The third-order valence-corrected chi connectivity index (χ3v) is 8.28. The quantitative estimate of drug-likeness (QED) is 0.0367. The van der Waals surface area contributed by atoms with Crippen LogP contribution in [-0.2, 0) is 54.4 Å². The first-order chi connectivity index (χ1) is 27.7. The van der Waals surface area contributed by atoms with Gasteiger partial charge in [0.25, 0.3) is 0 Å². The lowest BCUT2D eigenvalue weighted by atomic mass is 10.0. The Morgan fingerprint density at radius 3 is 1.73 bits per heavy atom. The number of carboxylic acids is 2. The number of hydrogen-bond acceptors (Lipinski definition) is 14. The summed E-state index contributed by atoms with van der Waals surface area (Å²) in [5, 5.41) is 52.7. The number of unbranched alkanes of at least 4 members (excludes halogenated alkanes) is 1. The topological polar surface area (TPSA) is 414 Å². The zero-order valence-electron chi connectivity index (χ0n) is 32.5. The lowest BCUT2D eigenvalue weighted by molar-refractivity contribution is -0.142. The Balaban J connectivity index is 3.16. The normalized spacial score (nSPS) is 13.9. The van der Waals surface area contributed by atoms with Gasteiger partial charge in [0, 0.05) is 0 Å². The molecule has 328 valence electrons. The van der Waals surface area contributed by atoms with E-state index in [2.05, 4.69) is 21.3 Å². The van der Waals surface area contributed by atoms with Crippen LogP contribution in [0, 0.1) is 5.92 Å². The van der Waals surface area contributed by atoms with Crippen LogP contribution in [-0.4, -0.2) is 142 Å². The molecule has 0 fully saturated rings. The zero-order chi connectivity index (χ0) is 44.8. The minimum absolute atomic E-state index is 0.00319. The molecule has 0 aromatic heterocycles. The second kappa shape index (κ2) is 25.8. The van der Waals surface area contributed by atoms with Crippen LogP contribution in [0.5, 0.6) is 5.75 Å². The molecule has 0 aliphatic rings. The van der Waals surface area contributed by atoms with Gasteiger partial charge in [-0.05, 0) is 55.8 Å². The molecule has 0 saturated carbocycles. The predicted molar refractivity (Wildman–Crippen MR) is 204 cm³/mol. The van der Waals surface area contributed by atoms with Crippen LogP contribution in [0.2, 0.25) is 0 Å². The molecule has 1 aromatic rings. The van der Waals surface area contributed by atoms with Crippen LogP contribution in [0.4, 0.5) is 0 Å². The standard InChI is InChI=1S/C35H54N10O14/c1-17(2)29(35(59)43-23(13-27(50)51)33(57)44-24(16-46)31(55)40-14-26(49)39-15-28(52)53)45-34(58)22(12-25(38)48)42-32(56)21(5-3-4-10-36)41-30(54)20(37)11-18-6-8-19(47)9-7-18/h6-9,17,20-24,29,46-47H,3-5,10-16,36-37H2,1-2H3,(H2,38,48)(H,39,49)(H,40,55)(H,41,54)(H,42,56)(H,43,59)(H,44,57)(H,45,58)(H,50,51)(H,52,53)/t20-,21-,22-,23-,24-,29-/m0/s1. The number of phenols is 1. The number of nitrogens with two attached hydrogens (primary N) is 3. The average Bonchev–Trinajstić information content (AvgIpc) is 3.16. The Morgan fingerprint density at radius 1 is 0.644 bits per heavy atom. The first-order valence-corrected chi connectivity index (χ1v) is 18.3. The van der Waals surface area contributed by atoms with Gasteiger partial charge >= 0.3 is 11.9 Å². The number of hydrogen-bond donors (Lipinski definition) is 14. The molecule has 0 aliphatic heterocycles. The molecular formula is C35H54N10O14. The molecule has 0 aliphatic carbocycles. The van der Waals surface area contributed by atoms with Crippen molar-refractivity contribution < 1.29 is 68.4 Å². The molecule has 0 bridgehead atoms. The number of phenolic OH excluding ortho intramolecular Hbond substituents is 1. The van der Waals surface area contributed by atoms with E-state index in [-0.39, 0.29) is 25.1 Å². The molecule has 0 radical (unpaired) electrons. The summed E-state index contributed by atoms with van der Waals surface area (Å²) < 4.78 is 0. The third-order valence-electron chi connectivity index (χ3n) is 8.28. The van der Waals surface area contributed by atoms with Gasteiger partial charge in [-0.1, -0.05) is 26.0 Å². The molecule has 59 heavy (non-hydrogen) atoms. The lowest BCUT2D eigenvalue weighted by Gasteiger charge is -2.28. The number of aliphatic hydroxyl groups is 1. The second-order valence-electron chi connectivity index (χ2n) is 13.6. The van der Waals surface area contributed by atoms with E-state index >= 15 is 0 Å². The van der Waals surface area contributed by atoms with Crippen LogP contribution in [0.3, 0.4) is 0 Å². The highest BCUT2D eigenvalue weighted by atomic mass is 16.4. The van der Waals surface area contributed by atoms with Gasteiger partial charge in [0.15, 0.2) is 0 Å². The maximum atomic E-state index is 13.6. The zero-order valence-corrected chi connectivity index (χ0v) is 32.5. The van der Waals surface area contributed by atoms with Crippen molar-refractivity contribution in [2.24, 2.45) is 23.1 Å². The number of carbonyl (C=O) groups is 10. The number of carbonyl (C=O) groups excluding carboxylic acids is 8. The predicted octanol–water partition coefficient (Wildman–Crippen LogP) is -5.87. The summed E-state index contributed by atoms with van der Waals surface area (Å²) in [6, 6.07) is -3.40. The van der Waals surface area contributed by atoms with E-state index in [0.717, 1.165) is 0 Å². The second-order valence-corrected chi connectivity index (χ2v) is 13.6. The van der Waals surface area contributed by atoms with E-state index in [4.69, 9.17) is 22.3 Å². The third kappa shape index (κ3) is 19.5. The van der Waals surface area contributed by atoms with E-state index in [1.54, 1.807) is 12.1 Å². The van der Waals surface area contributed by atoms with Gasteiger partial charge in [0.2, 0.25) is 47.3 Å². The largest absolute Gasteiger partial charge is 0.508 e. The molecule has 24 heteroatoms. The molecule has 0 spiro atoms. The Morgan fingerprint density at radius 2 is 1.19 bits per heavy atom. The van der Waals surface area contributed by atoms with Gasteiger partial charge in [-0.25, -0.2) is 0 Å². The molecule has 17 N–H and O–H groups in total. The molecule has 24 nitrogen and oxygen atoms in total. The first kappa shape index (κ1) is 50.6. The minimum Gasteiger partial charge on any atom is -0.508 e. The highest BCUT2D eigenvalue weighted by Crippen LogP contribution is 2.12. The number of benzene rings is 1. The van der Waals surface area contributed by atoms with E-state index in [1.807, 2.05) is 16.0 Å². The van der Waals surface area contributed by atoms with Gasteiger partial charge in [-0.3, -0.25) is 47.9 Å². The summed E-state index contributed by atoms with van der Waals surface area (Å²) >= 11 is 0. The first-order valence-electron chi connectivity index (χ1n) is 18.3. The Labute approximate surface area is 338 Å². The maximum absolute atomic E-state index is 13.6. The average molecular weight is 839 g/mol. The van der Waals surface area contributed by atoms with Crippen molar-refractivity contribution in [2.75, 3.05) is 26.2 Å². The molecule has 0 unspecified atom stereocenters. The van der Waals surface area contributed by atoms with Gasteiger partial charge in [0.05, 0.1) is 32.0 Å². The van der Waals surface area contributed by atoms with Gasteiger partial charge in [-0.15, -0.1) is 0 Å². The number of carboxylic acid groups (broad SMARTS) is 2. The van der Waals surface area contributed by atoms with Crippen LogP contribution < -0.4 is 54.4 Å². The van der Waals surface area contributed by atoms with E-state index in [0.29, 0.717) is 18.4 Å². The van der Waals surface area contributed by atoms with Gasteiger partial charge in [0.1, 0.15) is 42.5 Å². The lowest BCUT2D eigenvalue weighted by Crippen LogP contribution is -2.61. The number of aliphatic carboxylic acids is 2. The molecule has 6 atom stereocenters. The van der Waals surface area contributed by atoms with Crippen LogP contribution >= 0.6 is 0 Å². The van der Waals surface area contributed by atoms with E-state index in [1.165, 1.54) is 26.0 Å². The number of nitrogens with one attached hydrogen (secondary N) is 7. The fraction of sp³-hybridized carbons (Fsp3) is 0.543. The molecule has 1 aromatic carbocycles. The highest BCUT2D eigenvalue weighted by Gasteiger charge is 2.35. The van der Waals surface area contributed by atoms with Crippen molar-refractivity contribution in [3.8, 4) is 5.75 Å². The fourth-order valence-electron chi connectivity index (χ4n) is 5.13. The Kier molecular flexibility index (Phi) is 22.1. The molecule has 0 saturated heterocycles. The summed E-state index contributed by atoms with van der Waals surface area (Å²) in [5.41, 5.74) is 17.6.